The molecule has 0 aliphatic rings. The summed E-state index contributed by atoms with van der Waals surface area (Å²) in [5.74, 6) is 0.802. The van der Waals surface area contributed by atoms with E-state index in [2.05, 4.69) is 47.6 Å². The van der Waals surface area contributed by atoms with Crippen LogP contribution in [0.5, 0.6) is 0 Å². The predicted octanol–water partition coefficient (Wildman–Crippen LogP) is 4.82. The van der Waals surface area contributed by atoms with E-state index in [9.17, 15) is 9.90 Å². The molecule has 0 aliphatic heterocycles. The number of hydrogen-bond donors (Lipinski definition) is 2. The van der Waals surface area contributed by atoms with E-state index in [4.69, 9.17) is 0 Å². The second-order valence-corrected chi connectivity index (χ2v) is 6.91. The third kappa shape index (κ3) is 3.69. The normalized spacial score (nSPS) is 10.9. The van der Waals surface area contributed by atoms with Crippen molar-refractivity contribution in [3.8, 4) is 17.1 Å². The Morgan fingerprint density at radius 2 is 1.67 bits per heavy atom. The van der Waals surface area contributed by atoms with Crippen molar-refractivity contribution in [1.82, 2.24) is 14.8 Å². The number of carboxylic acid groups (broad SMARTS) is 1. The van der Waals surface area contributed by atoms with Gasteiger partial charge in [0, 0.05) is 5.56 Å². The molecule has 6 heteroatoms. The van der Waals surface area contributed by atoms with Gasteiger partial charge in [0.05, 0.1) is 5.69 Å². The maximum atomic E-state index is 11.3. The van der Waals surface area contributed by atoms with E-state index in [1.54, 1.807) is 4.57 Å². The second-order valence-electron chi connectivity index (χ2n) is 6.91. The summed E-state index contributed by atoms with van der Waals surface area (Å²) in [4.78, 5) is 11.3. The van der Waals surface area contributed by atoms with E-state index in [0.29, 0.717) is 5.82 Å². The standard InChI is InChI=1S/C21H24N4O2/c1-6-16-11-18(15(5)10-14(16)4)19-23-24-20(22-21(26)27)25(19)17-8-12(2)7-13(3)9-17/h7-11H,6H2,1-5H3,(H,22,24)(H,26,27). The van der Waals surface area contributed by atoms with Gasteiger partial charge in [0.15, 0.2) is 5.82 Å². The summed E-state index contributed by atoms with van der Waals surface area (Å²) < 4.78 is 1.77. The minimum atomic E-state index is -1.17. The van der Waals surface area contributed by atoms with Gasteiger partial charge in [0.2, 0.25) is 5.95 Å². The molecule has 0 saturated carbocycles. The summed E-state index contributed by atoms with van der Waals surface area (Å²) in [5, 5.41) is 20.0. The number of hydrogen-bond acceptors (Lipinski definition) is 3. The van der Waals surface area contributed by atoms with Crippen LogP contribution in [-0.2, 0) is 6.42 Å². The fourth-order valence-corrected chi connectivity index (χ4v) is 3.48. The Hall–Kier alpha value is -3.15. The first kappa shape index (κ1) is 18.6. The molecular weight excluding hydrogens is 340 g/mol. The van der Waals surface area contributed by atoms with Gasteiger partial charge in [0.1, 0.15) is 0 Å². The van der Waals surface area contributed by atoms with E-state index in [1.807, 2.05) is 32.9 Å². The van der Waals surface area contributed by atoms with Crippen LogP contribution in [0.1, 0.15) is 34.7 Å². The van der Waals surface area contributed by atoms with Crippen LogP contribution in [0.15, 0.2) is 30.3 Å². The summed E-state index contributed by atoms with van der Waals surface area (Å²) in [5.41, 5.74) is 7.49. The zero-order valence-electron chi connectivity index (χ0n) is 16.3. The van der Waals surface area contributed by atoms with E-state index in [-0.39, 0.29) is 5.95 Å². The van der Waals surface area contributed by atoms with Crippen molar-refractivity contribution < 1.29 is 9.90 Å². The zero-order valence-corrected chi connectivity index (χ0v) is 16.3. The molecule has 140 valence electrons. The van der Waals surface area contributed by atoms with Crippen LogP contribution in [0, 0.1) is 27.7 Å². The van der Waals surface area contributed by atoms with Crippen molar-refractivity contribution in [2.24, 2.45) is 0 Å². The van der Waals surface area contributed by atoms with Gasteiger partial charge in [-0.3, -0.25) is 9.88 Å². The molecule has 0 atom stereocenters. The molecule has 0 unspecified atom stereocenters. The van der Waals surface area contributed by atoms with E-state index in [1.165, 1.54) is 11.1 Å². The molecule has 27 heavy (non-hydrogen) atoms. The summed E-state index contributed by atoms with van der Waals surface area (Å²) in [7, 11) is 0. The van der Waals surface area contributed by atoms with Gasteiger partial charge >= 0.3 is 6.09 Å². The number of aryl methyl sites for hydroxylation is 5. The van der Waals surface area contributed by atoms with Crippen molar-refractivity contribution >= 4 is 12.0 Å². The van der Waals surface area contributed by atoms with Crippen LogP contribution < -0.4 is 5.32 Å². The van der Waals surface area contributed by atoms with Crippen molar-refractivity contribution in [3.63, 3.8) is 0 Å². The van der Waals surface area contributed by atoms with Crippen molar-refractivity contribution in [3.05, 3.63) is 58.1 Å². The molecule has 1 aromatic heterocycles. The average Bonchev–Trinajstić information content (AvgIpc) is 2.96. The van der Waals surface area contributed by atoms with Crippen LogP contribution in [0.3, 0.4) is 0 Å². The van der Waals surface area contributed by atoms with E-state index in [0.717, 1.165) is 34.4 Å². The Labute approximate surface area is 158 Å². The number of aromatic nitrogens is 3. The highest BCUT2D eigenvalue weighted by atomic mass is 16.4. The Morgan fingerprint density at radius 1 is 1.00 bits per heavy atom. The number of benzene rings is 2. The number of nitrogens with one attached hydrogen (secondary N) is 1. The molecule has 1 amide bonds. The monoisotopic (exact) mass is 364 g/mol. The molecular formula is C21H24N4O2. The molecule has 0 spiro atoms. The Kier molecular flexibility index (Phi) is 4.99. The van der Waals surface area contributed by atoms with Crippen LogP contribution in [0.4, 0.5) is 10.7 Å². The highest BCUT2D eigenvalue weighted by Gasteiger charge is 2.19. The summed E-state index contributed by atoms with van der Waals surface area (Å²) >= 11 is 0. The first-order chi connectivity index (χ1) is 12.8. The molecule has 2 N–H and O–H groups in total. The maximum absolute atomic E-state index is 11.3. The smallest absolute Gasteiger partial charge is 0.411 e. The first-order valence-corrected chi connectivity index (χ1v) is 8.94. The molecule has 0 radical (unpaired) electrons. The fraction of sp³-hybridized carbons (Fsp3) is 0.286. The minimum Gasteiger partial charge on any atom is -0.465 e. The van der Waals surface area contributed by atoms with Crippen molar-refractivity contribution in [2.45, 2.75) is 41.0 Å². The van der Waals surface area contributed by atoms with Gasteiger partial charge in [-0.1, -0.05) is 19.1 Å². The largest absolute Gasteiger partial charge is 0.465 e. The molecule has 0 aliphatic carbocycles. The molecule has 6 nitrogen and oxygen atoms in total. The minimum absolute atomic E-state index is 0.181. The number of anilines is 1. The third-order valence-electron chi connectivity index (χ3n) is 4.65. The predicted molar refractivity (Wildman–Crippen MR) is 107 cm³/mol. The van der Waals surface area contributed by atoms with Crippen LogP contribution in [0.2, 0.25) is 0 Å². The molecule has 3 aromatic rings. The quantitative estimate of drug-likeness (QED) is 0.695. The molecule has 2 aromatic carbocycles. The van der Waals surface area contributed by atoms with E-state index >= 15 is 0 Å². The Morgan fingerprint density at radius 3 is 2.26 bits per heavy atom. The highest BCUT2D eigenvalue weighted by molar-refractivity contribution is 5.82. The number of amides is 1. The van der Waals surface area contributed by atoms with Gasteiger partial charge in [-0.05, 0) is 80.1 Å². The molecule has 0 fully saturated rings. The molecule has 0 bridgehead atoms. The summed E-state index contributed by atoms with van der Waals surface area (Å²) in [6.07, 6.45) is -0.258. The summed E-state index contributed by atoms with van der Waals surface area (Å²) in [6, 6.07) is 10.3. The fourth-order valence-electron chi connectivity index (χ4n) is 3.48. The Bertz CT molecular complexity index is 1000. The second kappa shape index (κ2) is 7.23. The van der Waals surface area contributed by atoms with Crippen molar-refractivity contribution in [1.29, 1.82) is 0 Å². The van der Waals surface area contributed by atoms with E-state index < -0.39 is 6.09 Å². The van der Waals surface area contributed by atoms with Gasteiger partial charge in [-0.2, -0.15) is 0 Å². The lowest BCUT2D eigenvalue weighted by Crippen LogP contribution is -2.13. The number of carbonyl (C=O) groups is 1. The summed E-state index contributed by atoms with van der Waals surface area (Å²) in [6.45, 7) is 10.3. The van der Waals surface area contributed by atoms with Crippen molar-refractivity contribution in [2.75, 3.05) is 5.32 Å². The maximum Gasteiger partial charge on any atom is 0.411 e. The lowest BCUT2D eigenvalue weighted by atomic mass is 9.98. The number of nitrogens with zero attached hydrogens (tertiary/aromatic N) is 3. The Balaban J connectivity index is 2.29. The molecule has 0 saturated heterocycles. The number of rotatable bonds is 4. The zero-order chi connectivity index (χ0) is 19.7. The van der Waals surface area contributed by atoms with Crippen LogP contribution >= 0.6 is 0 Å². The molecule has 1 heterocycles. The topological polar surface area (TPSA) is 80.0 Å². The highest BCUT2D eigenvalue weighted by Crippen LogP contribution is 2.30. The first-order valence-electron chi connectivity index (χ1n) is 8.94. The van der Waals surface area contributed by atoms with Crippen LogP contribution in [-0.4, -0.2) is 26.0 Å². The molecule has 3 rings (SSSR count). The third-order valence-corrected chi connectivity index (χ3v) is 4.65. The lowest BCUT2D eigenvalue weighted by molar-refractivity contribution is 0.209. The van der Waals surface area contributed by atoms with Gasteiger partial charge < -0.3 is 5.11 Å². The van der Waals surface area contributed by atoms with Gasteiger partial charge in [0.25, 0.3) is 0 Å². The SMILES string of the molecule is CCc1cc(-c2nnc(NC(=O)O)n2-c2cc(C)cc(C)c2)c(C)cc1C. The lowest BCUT2D eigenvalue weighted by Gasteiger charge is -2.15. The van der Waals surface area contributed by atoms with Gasteiger partial charge in [-0.15, -0.1) is 10.2 Å². The van der Waals surface area contributed by atoms with Crippen LogP contribution in [0.25, 0.3) is 17.1 Å². The van der Waals surface area contributed by atoms with Gasteiger partial charge in [-0.25, -0.2) is 4.79 Å². The average molecular weight is 364 g/mol.